The molecule has 102 valence electrons. The molecular formula is C13H9ClN2O4. The predicted octanol–water partition coefficient (Wildman–Crippen LogP) is 1.98. The Morgan fingerprint density at radius 1 is 1.20 bits per heavy atom. The van der Waals surface area contributed by atoms with Gasteiger partial charge in [-0.05, 0) is 18.2 Å². The van der Waals surface area contributed by atoms with Crippen LogP contribution in [0.4, 0.5) is 5.69 Å². The average molecular weight is 293 g/mol. The topological polar surface area (TPSA) is 99.3 Å². The number of amides is 1. The van der Waals surface area contributed by atoms with Crippen LogP contribution < -0.4 is 10.7 Å². The van der Waals surface area contributed by atoms with E-state index in [0.717, 1.165) is 0 Å². The van der Waals surface area contributed by atoms with Crippen molar-refractivity contribution in [2.24, 2.45) is 0 Å². The summed E-state index contributed by atoms with van der Waals surface area (Å²) >= 11 is 5.71. The summed E-state index contributed by atoms with van der Waals surface area (Å²) < 4.78 is 0. The number of aromatic amines is 1. The van der Waals surface area contributed by atoms with Gasteiger partial charge >= 0.3 is 5.97 Å². The Balaban J connectivity index is 2.36. The normalized spacial score (nSPS) is 10.1. The minimum absolute atomic E-state index is 0.0650. The molecule has 0 aliphatic carbocycles. The number of rotatable bonds is 3. The fourth-order valence-electron chi connectivity index (χ4n) is 1.59. The molecule has 7 heteroatoms. The highest BCUT2D eigenvalue weighted by molar-refractivity contribution is 6.31. The molecule has 20 heavy (non-hydrogen) atoms. The van der Waals surface area contributed by atoms with Gasteiger partial charge in [-0.25, -0.2) is 4.79 Å². The third kappa shape index (κ3) is 2.86. The number of hydrogen-bond acceptors (Lipinski definition) is 3. The van der Waals surface area contributed by atoms with E-state index in [1.165, 1.54) is 36.7 Å². The van der Waals surface area contributed by atoms with Crippen molar-refractivity contribution < 1.29 is 14.7 Å². The van der Waals surface area contributed by atoms with E-state index in [2.05, 4.69) is 10.3 Å². The molecule has 0 unspecified atom stereocenters. The second kappa shape index (κ2) is 5.58. The van der Waals surface area contributed by atoms with Gasteiger partial charge in [0.05, 0.1) is 11.3 Å². The van der Waals surface area contributed by atoms with Crippen LogP contribution in [0.15, 0.2) is 41.5 Å². The van der Waals surface area contributed by atoms with Gasteiger partial charge in [-0.2, -0.15) is 0 Å². The molecule has 1 aromatic carbocycles. The second-order valence-electron chi connectivity index (χ2n) is 3.87. The predicted molar refractivity (Wildman–Crippen MR) is 73.4 cm³/mol. The van der Waals surface area contributed by atoms with Gasteiger partial charge in [-0.1, -0.05) is 11.6 Å². The maximum atomic E-state index is 11.9. The molecule has 2 aromatic rings. The summed E-state index contributed by atoms with van der Waals surface area (Å²) in [6, 6.07) is 5.23. The lowest BCUT2D eigenvalue weighted by Gasteiger charge is -2.08. The Labute approximate surface area is 118 Å². The summed E-state index contributed by atoms with van der Waals surface area (Å²) in [5, 5.41) is 11.7. The quantitative estimate of drug-likeness (QED) is 0.805. The molecule has 0 spiro atoms. The van der Waals surface area contributed by atoms with E-state index in [4.69, 9.17) is 16.7 Å². The number of benzene rings is 1. The van der Waals surface area contributed by atoms with Crippen molar-refractivity contribution in [1.82, 2.24) is 4.98 Å². The number of carbonyl (C=O) groups is 2. The first kappa shape index (κ1) is 13.8. The van der Waals surface area contributed by atoms with Crippen LogP contribution >= 0.6 is 11.6 Å². The summed E-state index contributed by atoms with van der Waals surface area (Å²) in [7, 11) is 0. The van der Waals surface area contributed by atoms with Crippen LogP contribution in [-0.2, 0) is 0 Å². The lowest BCUT2D eigenvalue weighted by atomic mass is 10.1. The van der Waals surface area contributed by atoms with E-state index in [1.807, 2.05) is 0 Å². The van der Waals surface area contributed by atoms with Crippen molar-refractivity contribution in [3.63, 3.8) is 0 Å². The van der Waals surface area contributed by atoms with Gasteiger partial charge in [-0.3, -0.25) is 9.59 Å². The largest absolute Gasteiger partial charge is 0.478 e. The molecule has 0 bridgehead atoms. The lowest BCUT2D eigenvalue weighted by molar-refractivity contribution is 0.0698. The zero-order valence-electron chi connectivity index (χ0n) is 10.0. The first-order chi connectivity index (χ1) is 9.49. The molecule has 1 aromatic heterocycles. The minimum Gasteiger partial charge on any atom is -0.478 e. The minimum atomic E-state index is -1.23. The molecule has 0 radical (unpaired) electrons. The van der Waals surface area contributed by atoms with Crippen molar-refractivity contribution >= 4 is 29.2 Å². The summed E-state index contributed by atoms with van der Waals surface area (Å²) in [6.45, 7) is 0. The second-order valence-corrected chi connectivity index (χ2v) is 4.31. The number of carboxylic acid groups (broad SMARTS) is 1. The van der Waals surface area contributed by atoms with E-state index in [0.29, 0.717) is 0 Å². The Kier molecular flexibility index (Phi) is 3.86. The summed E-state index contributed by atoms with van der Waals surface area (Å²) in [4.78, 5) is 37.1. The number of aromatic carboxylic acids is 1. The lowest BCUT2D eigenvalue weighted by Crippen LogP contribution is -2.22. The summed E-state index contributed by atoms with van der Waals surface area (Å²) in [6.07, 6.45) is 2.64. The molecule has 2 rings (SSSR count). The Bertz CT molecular complexity index is 739. The highest BCUT2D eigenvalue weighted by Gasteiger charge is 2.15. The van der Waals surface area contributed by atoms with Crippen LogP contribution in [0.25, 0.3) is 0 Å². The number of anilines is 1. The number of pyridine rings is 1. The summed E-state index contributed by atoms with van der Waals surface area (Å²) in [5.41, 5.74) is -0.667. The van der Waals surface area contributed by atoms with Gasteiger partial charge in [0.2, 0.25) is 0 Å². The first-order valence-electron chi connectivity index (χ1n) is 5.50. The SMILES string of the molecule is O=C(O)c1cc(Cl)ccc1NC(=O)c1c[nH]ccc1=O. The van der Waals surface area contributed by atoms with Crippen LogP contribution in [0.1, 0.15) is 20.7 Å². The molecule has 0 atom stereocenters. The van der Waals surface area contributed by atoms with Crippen LogP contribution in [0.2, 0.25) is 5.02 Å². The highest BCUT2D eigenvalue weighted by atomic mass is 35.5. The number of halogens is 1. The van der Waals surface area contributed by atoms with Gasteiger partial charge in [0, 0.05) is 23.5 Å². The van der Waals surface area contributed by atoms with Gasteiger partial charge < -0.3 is 15.4 Å². The van der Waals surface area contributed by atoms with Crippen molar-refractivity contribution in [1.29, 1.82) is 0 Å². The zero-order valence-corrected chi connectivity index (χ0v) is 10.8. The number of carbonyl (C=O) groups excluding carboxylic acids is 1. The van der Waals surface area contributed by atoms with Gasteiger partial charge in [0.15, 0.2) is 5.43 Å². The van der Waals surface area contributed by atoms with E-state index in [1.54, 1.807) is 0 Å². The van der Waals surface area contributed by atoms with Crippen molar-refractivity contribution in [2.45, 2.75) is 0 Å². The average Bonchev–Trinajstić information content (AvgIpc) is 2.41. The molecule has 0 saturated carbocycles. The molecule has 1 heterocycles. The fraction of sp³-hybridized carbons (Fsp3) is 0. The first-order valence-corrected chi connectivity index (χ1v) is 5.88. The van der Waals surface area contributed by atoms with Gasteiger partial charge in [0.25, 0.3) is 5.91 Å². The van der Waals surface area contributed by atoms with Crippen molar-refractivity contribution in [3.05, 3.63) is 63.0 Å². The van der Waals surface area contributed by atoms with E-state index >= 15 is 0 Å². The molecule has 3 N–H and O–H groups in total. The Morgan fingerprint density at radius 2 is 1.95 bits per heavy atom. The number of aromatic nitrogens is 1. The van der Waals surface area contributed by atoms with E-state index < -0.39 is 17.3 Å². The van der Waals surface area contributed by atoms with Crippen LogP contribution in [0.3, 0.4) is 0 Å². The molecular weight excluding hydrogens is 284 g/mol. The Morgan fingerprint density at radius 3 is 2.60 bits per heavy atom. The Hall–Kier alpha value is -2.60. The fourth-order valence-corrected chi connectivity index (χ4v) is 1.76. The van der Waals surface area contributed by atoms with Crippen LogP contribution in [0, 0.1) is 0 Å². The van der Waals surface area contributed by atoms with Crippen LogP contribution in [0.5, 0.6) is 0 Å². The number of H-pyrrole nitrogens is 1. The van der Waals surface area contributed by atoms with Crippen molar-refractivity contribution in [3.8, 4) is 0 Å². The molecule has 6 nitrogen and oxygen atoms in total. The number of carboxylic acids is 1. The maximum absolute atomic E-state index is 11.9. The van der Waals surface area contributed by atoms with E-state index in [9.17, 15) is 14.4 Å². The molecule has 0 saturated heterocycles. The van der Waals surface area contributed by atoms with Crippen molar-refractivity contribution in [2.75, 3.05) is 5.32 Å². The highest BCUT2D eigenvalue weighted by Crippen LogP contribution is 2.21. The molecule has 0 fully saturated rings. The monoisotopic (exact) mass is 292 g/mol. The van der Waals surface area contributed by atoms with Crippen LogP contribution in [-0.4, -0.2) is 22.0 Å². The van der Waals surface area contributed by atoms with E-state index in [-0.39, 0.29) is 21.8 Å². The van der Waals surface area contributed by atoms with Gasteiger partial charge in [0.1, 0.15) is 5.56 Å². The summed E-state index contributed by atoms with van der Waals surface area (Å²) in [5.74, 6) is -1.93. The number of nitrogens with one attached hydrogen (secondary N) is 2. The standard InChI is InChI=1S/C13H9ClN2O4/c14-7-1-2-10(8(5-7)13(19)20)16-12(18)9-6-15-4-3-11(9)17/h1-6H,(H,15,17)(H,16,18)(H,19,20). The van der Waals surface area contributed by atoms with Gasteiger partial charge in [-0.15, -0.1) is 0 Å². The molecule has 1 amide bonds. The smallest absolute Gasteiger partial charge is 0.337 e. The zero-order chi connectivity index (χ0) is 14.7. The molecule has 0 aliphatic rings. The maximum Gasteiger partial charge on any atom is 0.337 e. The third-order valence-electron chi connectivity index (χ3n) is 2.53. The third-order valence-corrected chi connectivity index (χ3v) is 2.76. The molecule has 0 aliphatic heterocycles. The number of hydrogen-bond donors (Lipinski definition) is 3.